The standard InChI is InChI=1S/C21H16N2O4/c1-23(12-15-4-2-3-14-11-22-8-7-17(14)15)16-6-5-13-9-18(20(24)25)21(26)27-19(13)10-16/h2-11H,12H2,1H3,(H,24,25). The molecule has 4 aromatic rings. The first-order valence-electron chi connectivity index (χ1n) is 8.37. The molecule has 2 aromatic heterocycles. The lowest BCUT2D eigenvalue weighted by Crippen LogP contribution is -2.17. The highest BCUT2D eigenvalue weighted by Gasteiger charge is 2.13. The second-order valence-corrected chi connectivity index (χ2v) is 6.34. The van der Waals surface area contributed by atoms with Gasteiger partial charge < -0.3 is 14.4 Å². The Morgan fingerprint density at radius 2 is 2.00 bits per heavy atom. The molecule has 6 heteroatoms. The summed E-state index contributed by atoms with van der Waals surface area (Å²) >= 11 is 0. The van der Waals surface area contributed by atoms with Gasteiger partial charge in [-0.15, -0.1) is 0 Å². The fraction of sp³-hybridized carbons (Fsp3) is 0.0952. The van der Waals surface area contributed by atoms with E-state index in [1.807, 2.05) is 42.4 Å². The summed E-state index contributed by atoms with van der Waals surface area (Å²) in [6, 6.07) is 14.8. The first-order chi connectivity index (χ1) is 13.0. The fourth-order valence-electron chi connectivity index (χ4n) is 3.16. The van der Waals surface area contributed by atoms with Crippen molar-refractivity contribution in [3.05, 3.63) is 82.5 Å². The minimum absolute atomic E-state index is 0.358. The molecule has 6 nitrogen and oxygen atoms in total. The Kier molecular flexibility index (Phi) is 4.08. The van der Waals surface area contributed by atoms with E-state index in [9.17, 15) is 9.59 Å². The van der Waals surface area contributed by atoms with E-state index in [1.165, 1.54) is 6.07 Å². The molecule has 0 bridgehead atoms. The minimum atomic E-state index is -1.29. The first kappa shape index (κ1) is 16.8. The maximum absolute atomic E-state index is 11.8. The van der Waals surface area contributed by atoms with Crippen molar-refractivity contribution in [2.75, 3.05) is 11.9 Å². The second-order valence-electron chi connectivity index (χ2n) is 6.34. The summed E-state index contributed by atoms with van der Waals surface area (Å²) in [5.41, 5.74) is 1.15. The number of fused-ring (bicyclic) bond motifs is 2. The summed E-state index contributed by atoms with van der Waals surface area (Å²) in [4.78, 5) is 29.1. The van der Waals surface area contributed by atoms with E-state index in [-0.39, 0.29) is 5.56 Å². The van der Waals surface area contributed by atoms with Crippen LogP contribution in [0.1, 0.15) is 15.9 Å². The Hall–Kier alpha value is -3.67. The molecular formula is C21H16N2O4. The van der Waals surface area contributed by atoms with Gasteiger partial charge in [-0.3, -0.25) is 4.98 Å². The molecule has 2 aromatic carbocycles. The predicted molar refractivity (Wildman–Crippen MR) is 103 cm³/mol. The van der Waals surface area contributed by atoms with Crippen LogP contribution in [0.5, 0.6) is 0 Å². The van der Waals surface area contributed by atoms with Crippen LogP contribution in [0.2, 0.25) is 0 Å². The van der Waals surface area contributed by atoms with Crippen molar-refractivity contribution in [1.82, 2.24) is 4.98 Å². The molecule has 0 spiro atoms. The maximum Gasteiger partial charge on any atom is 0.351 e. The lowest BCUT2D eigenvalue weighted by Gasteiger charge is -2.20. The van der Waals surface area contributed by atoms with Crippen LogP contribution in [0, 0.1) is 0 Å². The van der Waals surface area contributed by atoms with Gasteiger partial charge >= 0.3 is 11.6 Å². The molecule has 0 aliphatic rings. The number of carboxylic acid groups (broad SMARTS) is 1. The number of aromatic nitrogens is 1. The summed E-state index contributed by atoms with van der Waals surface area (Å²) in [5.74, 6) is -1.29. The van der Waals surface area contributed by atoms with E-state index >= 15 is 0 Å². The molecule has 0 fully saturated rings. The van der Waals surface area contributed by atoms with Crippen LogP contribution in [-0.2, 0) is 6.54 Å². The summed E-state index contributed by atoms with van der Waals surface area (Å²) < 4.78 is 5.19. The van der Waals surface area contributed by atoms with E-state index in [4.69, 9.17) is 9.52 Å². The van der Waals surface area contributed by atoms with Crippen LogP contribution in [-0.4, -0.2) is 23.1 Å². The van der Waals surface area contributed by atoms with E-state index in [0.29, 0.717) is 17.5 Å². The molecule has 4 rings (SSSR count). The van der Waals surface area contributed by atoms with E-state index in [2.05, 4.69) is 11.1 Å². The molecule has 0 amide bonds. The Labute approximate surface area is 154 Å². The molecule has 0 saturated heterocycles. The van der Waals surface area contributed by atoms with Gasteiger partial charge in [0.05, 0.1) is 0 Å². The first-order valence-corrected chi connectivity index (χ1v) is 8.37. The molecule has 0 atom stereocenters. The smallest absolute Gasteiger partial charge is 0.351 e. The van der Waals surface area contributed by atoms with Gasteiger partial charge in [0.15, 0.2) is 0 Å². The van der Waals surface area contributed by atoms with Gasteiger partial charge in [0.2, 0.25) is 0 Å². The summed E-state index contributed by atoms with van der Waals surface area (Å²) in [6.07, 6.45) is 3.61. The average Bonchev–Trinajstić information content (AvgIpc) is 2.67. The Morgan fingerprint density at radius 3 is 2.81 bits per heavy atom. The van der Waals surface area contributed by atoms with Crippen molar-refractivity contribution in [1.29, 1.82) is 0 Å². The Balaban J connectivity index is 1.70. The van der Waals surface area contributed by atoms with Crippen molar-refractivity contribution in [3.8, 4) is 0 Å². The molecular weight excluding hydrogens is 344 g/mol. The number of pyridine rings is 1. The van der Waals surface area contributed by atoms with Crippen molar-refractivity contribution in [3.63, 3.8) is 0 Å². The van der Waals surface area contributed by atoms with Crippen LogP contribution >= 0.6 is 0 Å². The van der Waals surface area contributed by atoms with Crippen molar-refractivity contribution >= 4 is 33.4 Å². The quantitative estimate of drug-likeness (QED) is 0.559. The monoisotopic (exact) mass is 360 g/mol. The average molecular weight is 360 g/mol. The number of hydrogen-bond donors (Lipinski definition) is 1. The van der Waals surface area contributed by atoms with Gasteiger partial charge in [0.1, 0.15) is 11.1 Å². The lowest BCUT2D eigenvalue weighted by molar-refractivity contribution is 0.0692. The summed E-state index contributed by atoms with van der Waals surface area (Å²) in [7, 11) is 1.95. The number of anilines is 1. The third-order valence-electron chi connectivity index (χ3n) is 4.57. The molecule has 27 heavy (non-hydrogen) atoms. The minimum Gasteiger partial charge on any atom is -0.477 e. The topological polar surface area (TPSA) is 83.6 Å². The van der Waals surface area contributed by atoms with Gasteiger partial charge in [0, 0.05) is 48.5 Å². The van der Waals surface area contributed by atoms with Crippen molar-refractivity contribution < 1.29 is 14.3 Å². The number of hydrogen-bond acceptors (Lipinski definition) is 5. The van der Waals surface area contributed by atoms with Crippen LogP contribution in [0.3, 0.4) is 0 Å². The molecule has 0 aliphatic heterocycles. The van der Waals surface area contributed by atoms with Crippen LogP contribution in [0.4, 0.5) is 5.69 Å². The van der Waals surface area contributed by atoms with Crippen LogP contribution in [0.25, 0.3) is 21.7 Å². The van der Waals surface area contributed by atoms with Crippen LogP contribution < -0.4 is 10.5 Å². The number of carbonyl (C=O) groups is 1. The number of nitrogens with zero attached hydrogens (tertiary/aromatic N) is 2. The van der Waals surface area contributed by atoms with Crippen molar-refractivity contribution in [2.24, 2.45) is 0 Å². The highest BCUT2D eigenvalue weighted by atomic mass is 16.4. The molecule has 0 aliphatic carbocycles. The van der Waals surface area contributed by atoms with Gasteiger partial charge in [-0.2, -0.15) is 0 Å². The molecule has 0 unspecified atom stereocenters. The number of rotatable bonds is 4. The van der Waals surface area contributed by atoms with E-state index < -0.39 is 11.6 Å². The summed E-state index contributed by atoms with van der Waals surface area (Å²) in [5, 5.41) is 11.8. The van der Waals surface area contributed by atoms with Gasteiger partial charge in [0.25, 0.3) is 0 Å². The number of aromatic carboxylic acids is 1. The number of carboxylic acids is 1. The van der Waals surface area contributed by atoms with Crippen LogP contribution in [0.15, 0.2) is 70.1 Å². The third kappa shape index (κ3) is 3.13. The molecule has 1 N–H and O–H groups in total. The Morgan fingerprint density at radius 1 is 1.15 bits per heavy atom. The zero-order valence-electron chi connectivity index (χ0n) is 14.5. The normalized spacial score (nSPS) is 11.0. The van der Waals surface area contributed by atoms with Crippen molar-refractivity contribution in [2.45, 2.75) is 6.54 Å². The lowest BCUT2D eigenvalue weighted by atomic mass is 10.1. The fourth-order valence-corrected chi connectivity index (χ4v) is 3.16. The third-order valence-corrected chi connectivity index (χ3v) is 4.57. The second kappa shape index (κ2) is 6.57. The van der Waals surface area contributed by atoms with Gasteiger partial charge in [-0.25, -0.2) is 9.59 Å². The molecule has 2 heterocycles. The highest BCUT2D eigenvalue weighted by Crippen LogP contribution is 2.25. The Bertz CT molecular complexity index is 1220. The zero-order valence-corrected chi connectivity index (χ0v) is 14.5. The maximum atomic E-state index is 11.8. The van der Waals surface area contributed by atoms with E-state index in [1.54, 1.807) is 18.3 Å². The van der Waals surface area contributed by atoms with Gasteiger partial charge in [-0.05, 0) is 35.2 Å². The summed E-state index contributed by atoms with van der Waals surface area (Å²) in [6.45, 7) is 0.657. The SMILES string of the molecule is CN(Cc1cccc2cnccc12)c1ccc2cc(C(=O)O)c(=O)oc2c1. The zero-order chi connectivity index (χ0) is 19.0. The molecule has 0 radical (unpaired) electrons. The molecule has 134 valence electrons. The highest BCUT2D eigenvalue weighted by molar-refractivity contribution is 5.92. The predicted octanol–water partition coefficient (Wildman–Crippen LogP) is 3.68. The number of benzene rings is 2. The van der Waals surface area contributed by atoms with E-state index in [0.717, 1.165) is 22.0 Å². The molecule has 0 saturated carbocycles. The largest absolute Gasteiger partial charge is 0.477 e. The van der Waals surface area contributed by atoms with Gasteiger partial charge in [-0.1, -0.05) is 18.2 Å².